The molecule has 1 fully saturated rings. The van der Waals surface area contributed by atoms with Crippen LogP contribution in [0.15, 0.2) is 24.3 Å². The first-order chi connectivity index (χ1) is 8.26. The van der Waals surface area contributed by atoms with Gasteiger partial charge in [-0.3, -0.25) is 4.79 Å². The fourth-order valence-corrected chi connectivity index (χ4v) is 2.24. The summed E-state index contributed by atoms with van der Waals surface area (Å²) >= 11 is 0. The van der Waals surface area contributed by atoms with Gasteiger partial charge in [0, 0.05) is 24.7 Å². The molecule has 1 saturated heterocycles. The van der Waals surface area contributed by atoms with E-state index in [1.54, 1.807) is 24.3 Å². The highest BCUT2D eigenvalue weighted by Gasteiger charge is 2.28. The minimum Gasteiger partial charge on any atom is -0.334 e. The van der Waals surface area contributed by atoms with E-state index in [-0.39, 0.29) is 11.9 Å². The van der Waals surface area contributed by atoms with E-state index < -0.39 is 0 Å². The van der Waals surface area contributed by atoms with Crippen LogP contribution in [-0.2, 0) is 0 Å². The number of carbonyl (C=O) groups excluding carboxylic acids is 1. The highest BCUT2D eigenvalue weighted by molar-refractivity contribution is 5.95. The minimum atomic E-state index is -0.0185. The molecule has 0 spiro atoms. The molecular formula is C13H15N3O. The Kier molecular flexibility index (Phi) is 3.40. The molecule has 0 aromatic heterocycles. The van der Waals surface area contributed by atoms with Crippen LogP contribution in [0.25, 0.3) is 0 Å². The van der Waals surface area contributed by atoms with Crippen molar-refractivity contribution < 1.29 is 4.79 Å². The number of nitrogens with zero attached hydrogens (tertiary/aromatic N) is 2. The van der Waals surface area contributed by atoms with Gasteiger partial charge in [-0.25, -0.2) is 0 Å². The number of hydrogen-bond donors (Lipinski definition) is 1. The van der Waals surface area contributed by atoms with E-state index in [1.807, 2.05) is 11.0 Å². The quantitative estimate of drug-likeness (QED) is 0.826. The van der Waals surface area contributed by atoms with Gasteiger partial charge in [0.1, 0.15) is 0 Å². The number of hydrogen-bond acceptors (Lipinski definition) is 3. The zero-order valence-corrected chi connectivity index (χ0v) is 9.60. The van der Waals surface area contributed by atoms with Crippen LogP contribution in [0, 0.1) is 11.3 Å². The Morgan fingerprint density at radius 3 is 3.12 bits per heavy atom. The normalized spacial score (nSPS) is 19.1. The molecule has 1 aromatic carbocycles. The third kappa shape index (κ3) is 2.29. The Morgan fingerprint density at radius 2 is 2.41 bits per heavy atom. The number of nitrogens with two attached hydrogens (primary N) is 1. The van der Waals surface area contributed by atoms with Crippen molar-refractivity contribution in [3.05, 3.63) is 35.4 Å². The Hall–Kier alpha value is -1.86. The molecule has 1 unspecified atom stereocenters. The molecular weight excluding hydrogens is 214 g/mol. The summed E-state index contributed by atoms with van der Waals surface area (Å²) in [5.41, 5.74) is 6.74. The lowest BCUT2D eigenvalue weighted by Gasteiger charge is -2.23. The largest absolute Gasteiger partial charge is 0.334 e. The summed E-state index contributed by atoms with van der Waals surface area (Å²) in [5, 5.41) is 8.81. The summed E-state index contributed by atoms with van der Waals surface area (Å²) in [5.74, 6) is -0.0185. The fraction of sp³-hybridized carbons (Fsp3) is 0.385. The van der Waals surface area contributed by atoms with Crippen LogP contribution in [0.3, 0.4) is 0 Å². The molecule has 4 heteroatoms. The molecule has 1 atom stereocenters. The van der Waals surface area contributed by atoms with Crippen molar-refractivity contribution in [1.29, 1.82) is 5.26 Å². The zero-order chi connectivity index (χ0) is 12.3. The number of rotatable bonds is 2. The van der Waals surface area contributed by atoms with Crippen molar-refractivity contribution in [1.82, 2.24) is 4.90 Å². The molecule has 17 heavy (non-hydrogen) atoms. The molecule has 0 saturated carbocycles. The van der Waals surface area contributed by atoms with E-state index in [9.17, 15) is 4.79 Å². The maximum Gasteiger partial charge on any atom is 0.254 e. The zero-order valence-electron chi connectivity index (χ0n) is 9.60. The van der Waals surface area contributed by atoms with Gasteiger partial charge in [0.2, 0.25) is 0 Å². The molecule has 0 aliphatic carbocycles. The maximum atomic E-state index is 12.2. The predicted octanol–water partition coefficient (Wildman–Crippen LogP) is 1.12. The van der Waals surface area contributed by atoms with Gasteiger partial charge < -0.3 is 10.6 Å². The van der Waals surface area contributed by atoms with E-state index in [2.05, 4.69) is 0 Å². The number of carbonyl (C=O) groups is 1. The van der Waals surface area contributed by atoms with Crippen LogP contribution < -0.4 is 5.73 Å². The van der Waals surface area contributed by atoms with Gasteiger partial charge in [0.15, 0.2) is 0 Å². The van der Waals surface area contributed by atoms with Gasteiger partial charge in [-0.2, -0.15) is 5.26 Å². The van der Waals surface area contributed by atoms with E-state index >= 15 is 0 Å². The van der Waals surface area contributed by atoms with Crippen molar-refractivity contribution in [3.63, 3.8) is 0 Å². The summed E-state index contributed by atoms with van der Waals surface area (Å²) in [4.78, 5) is 14.1. The highest BCUT2D eigenvalue weighted by Crippen LogP contribution is 2.19. The average molecular weight is 229 g/mol. The molecule has 0 radical (unpaired) electrons. The van der Waals surface area contributed by atoms with Crippen molar-refractivity contribution in [2.75, 3.05) is 13.1 Å². The van der Waals surface area contributed by atoms with Gasteiger partial charge in [-0.15, -0.1) is 0 Å². The number of amides is 1. The molecule has 88 valence electrons. The smallest absolute Gasteiger partial charge is 0.254 e. The molecule has 1 aromatic rings. The van der Waals surface area contributed by atoms with Crippen LogP contribution >= 0.6 is 0 Å². The Morgan fingerprint density at radius 1 is 1.59 bits per heavy atom. The number of likely N-dealkylation sites (tertiary alicyclic amines) is 1. The topological polar surface area (TPSA) is 70.1 Å². The molecule has 4 nitrogen and oxygen atoms in total. The summed E-state index contributed by atoms with van der Waals surface area (Å²) in [7, 11) is 0. The third-order valence-electron chi connectivity index (χ3n) is 3.15. The summed E-state index contributed by atoms with van der Waals surface area (Å²) in [6.07, 6.45) is 1.98. The Labute approximate surface area is 101 Å². The SMILES string of the molecule is N#Cc1cccc(C(=O)N2CCCC2CN)c1. The Bertz CT molecular complexity index is 464. The van der Waals surface area contributed by atoms with Crippen molar-refractivity contribution in [2.45, 2.75) is 18.9 Å². The van der Waals surface area contributed by atoms with Gasteiger partial charge in [-0.1, -0.05) is 6.07 Å². The molecule has 0 bridgehead atoms. The maximum absolute atomic E-state index is 12.2. The van der Waals surface area contributed by atoms with Crippen LogP contribution in [0.2, 0.25) is 0 Å². The van der Waals surface area contributed by atoms with Gasteiger partial charge in [0.25, 0.3) is 5.91 Å². The second-order valence-electron chi connectivity index (χ2n) is 4.22. The van der Waals surface area contributed by atoms with E-state index in [4.69, 9.17) is 11.0 Å². The average Bonchev–Trinajstić information content (AvgIpc) is 2.86. The number of benzene rings is 1. The van der Waals surface area contributed by atoms with Gasteiger partial charge in [-0.05, 0) is 31.0 Å². The molecule has 2 rings (SSSR count). The van der Waals surface area contributed by atoms with Crippen LogP contribution in [-0.4, -0.2) is 29.9 Å². The van der Waals surface area contributed by atoms with E-state index in [0.29, 0.717) is 17.7 Å². The van der Waals surface area contributed by atoms with Crippen molar-refractivity contribution >= 4 is 5.91 Å². The van der Waals surface area contributed by atoms with Crippen LogP contribution in [0.5, 0.6) is 0 Å². The molecule has 1 aliphatic rings. The summed E-state index contributed by atoms with van der Waals surface area (Å²) in [6, 6.07) is 9.00. The Balaban J connectivity index is 2.22. The predicted molar refractivity (Wildman–Crippen MR) is 64.3 cm³/mol. The van der Waals surface area contributed by atoms with Crippen LogP contribution in [0.1, 0.15) is 28.8 Å². The van der Waals surface area contributed by atoms with Gasteiger partial charge >= 0.3 is 0 Å². The van der Waals surface area contributed by atoms with E-state index in [0.717, 1.165) is 19.4 Å². The summed E-state index contributed by atoms with van der Waals surface area (Å²) in [6.45, 7) is 1.27. The van der Waals surface area contributed by atoms with E-state index in [1.165, 1.54) is 0 Å². The number of nitriles is 1. The molecule has 1 heterocycles. The standard InChI is InChI=1S/C13H15N3O/c14-8-10-3-1-4-11(7-10)13(17)16-6-2-5-12(16)9-15/h1,3-4,7,12H,2,5-6,9,15H2. The lowest BCUT2D eigenvalue weighted by atomic mass is 10.1. The monoisotopic (exact) mass is 229 g/mol. The highest BCUT2D eigenvalue weighted by atomic mass is 16.2. The second-order valence-corrected chi connectivity index (χ2v) is 4.22. The molecule has 1 aliphatic heterocycles. The lowest BCUT2D eigenvalue weighted by Crippen LogP contribution is -2.39. The molecule has 2 N–H and O–H groups in total. The second kappa shape index (κ2) is 4.98. The van der Waals surface area contributed by atoms with Crippen molar-refractivity contribution in [2.24, 2.45) is 5.73 Å². The first-order valence-corrected chi connectivity index (χ1v) is 5.77. The first-order valence-electron chi connectivity index (χ1n) is 5.77. The lowest BCUT2D eigenvalue weighted by molar-refractivity contribution is 0.0741. The minimum absolute atomic E-state index is 0.0185. The summed E-state index contributed by atoms with van der Waals surface area (Å²) < 4.78 is 0. The van der Waals surface area contributed by atoms with Crippen LogP contribution in [0.4, 0.5) is 0 Å². The fourth-order valence-electron chi connectivity index (χ4n) is 2.24. The first kappa shape index (κ1) is 11.6. The molecule has 1 amide bonds. The van der Waals surface area contributed by atoms with Crippen molar-refractivity contribution in [3.8, 4) is 6.07 Å². The third-order valence-corrected chi connectivity index (χ3v) is 3.15. The van der Waals surface area contributed by atoms with Gasteiger partial charge in [0.05, 0.1) is 11.6 Å².